The van der Waals surface area contributed by atoms with Crippen LogP contribution in [0.3, 0.4) is 0 Å². The zero-order chi connectivity index (χ0) is 14.0. The van der Waals surface area contributed by atoms with Crippen molar-refractivity contribution in [1.82, 2.24) is 0 Å². The molecule has 3 fully saturated rings. The van der Waals surface area contributed by atoms with Gasteiger partial charge in [0.15, 0.2) is 8.32 Å². The highest BCUT2D eigenvalue weighted by atomic mass is 28.4. The van der Waals surface area contributed by atoms with E-state index in [1.807, 2.05) is 0 Å². The van der Waals surface area contributed by atoms with Gasteiger partial charge in [0.05, 0.1) is 12.2 Å². The minimum Gasteiger partial charge on any atom is -0.456 e. The van der Waals surface area contributed by atoms with Crippen LogP contribution in [0.4, 0.5) is 0 Å². The van der Waals surface area contributed by atoms with Gasteiger partial charge in [0.25, 0.3) is 0 Å². The molecule has 0 amide bonds. The van der Waals surface area contributed by atoms with Crippen LogP contribution in [0.2, 0.25) is 24.7 Å². The maximum atomic E-state index is 6.43. The molecule has 1 aliphatic heterocycles. The predicted molar refractivity (Wildman–Crippen MR) is 86.6 cm³/mol. The molecule has 1 heterocycles. The van der Waals surface area contributed by atoms with Gasteiger partial charge in [-0.3, -0.25) is 0 Å². The van der Waals surface area contributed by atoms with Gasteiger partial charge >= 0.3 is 0 Å². The zero-order valence-electron chi connectivity index (χ0n) is 13.2. The lowest BCUT2D eigenvalue weighted by Gasteiger charge is -2.29. The second-order valence-corrected chi connectivity index (χ2v) is 13.6. The van der Waals surface area contributed by atoms with Crippen molar-refractivity contribution in [2.24, 2.45) is 5.92 Å². The fraction of sp³-hybridized carbons (Fsp3) is 1.00. The van der Waals surface area contributed by atoms with E-state index in [4.69, 9.17) is 8.85 Å². The number of hydrogen-bond acceptors (Lipinski definition) is 2. The SMILES string of the molecule is C[Si](C)(CCC1CCC2OC2C1)O[Si]C1CCCCC1. The quantitative estimate of drug-likeness (QED) is 0.531. The molecule has 1 saturated heterocycles. The molecule has 0 aromatic heterocycles. The second kappa shape index (κ2) is 6.63. The van der Waals surface area contributed by atoms with Crippen molar-refractivity contribution in [3.8, 4) is 0 Å². The van der Waals surface area contributed by atoms with Crippen LogP contribution in [0, 0.1) is 5.92 Å². The van der Waals surface area contributed by atoms with E-state index in [0.717, 1.165) is 21.2 Å². The van der Waals surface area contributed by atoms with Gasteiger partial charge in [0, 0.05) is 0 Å². The average molecular weight is 311 g/mol. The number of epoxide rings is 1. The third-order valence-electron chi connectivity index (χ3n) is 5.37. The van der Waals surface area contributed by atoms with Crippen LogP contribution in [0.5, 0.6) is 0 Å². The smallest absolute Gasteiger partial charge is 0.218 e. The lowest BCUT2D eigenvalue weighted by Crippen LogP contribution is -2.34. The Labute approximate surface area is 128 Å². The molecule has 2 nitrogen and oxygen atoms in total. The highest BCUT2D eigenvalue weighted by Crippen LogP contribution is 2.41. The first-order chi connectivity index (χ1) is 9.62. The van der Waals surface area contributed by atoms with E-state index >= 15 is 0 Å². The van der Waals surface area contributed by atoms with Crippen LogP contribution in [0.15, 0.2) is 0 Å². The molecule has 20 heavy (non-hydrogen) atoms. The molecule has 2 radical (unpaired) electrons. The molecular formula is C16H30O2Si2. The third kappa shape index (κ3) is 4.42. The Balaban J connectivity index is 1.34. The van der Waals surface area contributed by atoms with E-state index < -0.39 is 8.32 Å². The monoisotopic (exact) mass is 310 g/mol. The molecule has 2 saturated carbocycles. The summed E-state index contributed by atoms with van der Waals surface area (Å²) < 4.78 is 12.1. The van der Waals surface area contributed by atoms with Crippen LogP contribution in [-0.2, 0) is 8.85 Å². The minimum atomic E-state index is -1.41. The van der Waals surface area contributed by atoms with E-state index in [-0.39, 0.29) is 0 Å². The van der Waals surface area contributed by atoms with Crippen LogP contribution in [-0.4, -0.2) is 30.3 Å². The summed E-state index contributed by atoms with van der Waals surface area (Å²) in [6.07, 6.45) is 13.9. The van der Waals surface area contributed by atoms with Crippen molar-refractivity contribution in [2.45, 2.75) is 94.7 Å². The third-order valence-corrected chi connectivity index (χ3v) is 10.5. The number of hydrogen-bond donors (Lipinski definition) is 0. The number of ether oxygens (including phenoxy) is 1. The van der Waals surface area contributed by atoms with Gasteiger partial charge in [-0.2, -0.15) is 0 Å². The Bertz CT molecular complexity index is 316. The average Bonchev–Trinajstić information content (AvgIpc) is 3.23. The molecule has 114 valence electrons. The van der Waals surface area contributed by atoms with Gasteiger partial charge in [-0.15, -0.1) is 0 Å². The zero-order valence-corrected chi connectivity index (χ0v) is 15.2. The van der Waals surface area contributed by atoms with Crippen molar-refractivity contribution in [1.29, 1.82) is 0 Å². The fourth-order valence-electron chi connectivity index (χ4n) is 3.82. The largest absolute Gasteiger partial charge is 0.456 e. The molecule has 3 rings (SSSR count). The summed E-state index contributed by atoms with van der Waals surface area (Å²) in [5.74, 6) is 0.923. The van der Waals surface area contributed by atoms with E-state index in [1.54, 1.807) is 0 Å². The van der Waals surface area contributed by atoms with Gasteiger partial charge in [-0.1, -0.05) is 38.5 Å². The standard InChI is InChI=1S/C16H30O2Si2/c1-20(2,18-19-14-6-4-3-5-7-14)11-10-13-8-9-15-16(12-13)17-15/h13-16H,3-12H2,1-2H3. The molecule has 2 aliphatic carbocycles. The lowest BCUT2D eigenvalue weighted by molar-refractivity contribution is 0.355. The van der Waals surface area contributed by atoms with Crippen molar-refractivity contribution in [3.63, 3.8) is 0 Å². The van der Waals surface area contributed by atoms with Crippen molar-refractivity contribution in [2.75, 3.05) is 0 Å². The summed E-state index contributed by atoms with van der Waals surface area (Å²) in [5, 5.41) is 0. The van der Waals surface area contributed by atoms with E-state index in [0.29, 0.717) is 12.2 Å². The Morgan fingerprint density at radius 2 is 1.85 bits per heavy atom. The van der Waals surface area contributed by atoms with Crippen molar-refractivity contribution >= 4 is 18.1 Å². The summed E-state index contributed by atoms with van der Waals surface area (Å²) in [4.78, 5) is 0. The molecule has 0 bridgehead atoms. The first-order valence-electron chi connectivity index (χ1n) is 8.71. The molecule has 3 unspecified atom stereocenters. The molecule has 0 aromatic carbocycles. The normalized spacial score (nSPS) is 34.8. The van der Waals surface area contributed by atoms with Crippen molar-refractivity contribution < 1.29 is 8.85 Å². The number of fused-ring (bicyclic) bond motifs is 1. The van der Waals surface area contributed by atoms with E-state index in [2.05, 4.69) is 13.1 Å². The van der Waals surface area contributed by atoms with Gasteiger partial charge < -0.3 is 8.85 Å². The summed E-state index contributed by atoms with van der Waals surface area (Å²) >= 11 is 0. The maximum absolute atomic E-state index is 6.43. The fourth-order valence-corrected chi connectivity index (χ4v) is 7.91. The summed E-state index contributed by atoms with van der Waals surface area (Å²) in [6, 6.07) is 1.36. The first-order valence-corrected chi connectivity index (χ1v) is 12.8. The summed E-state index contributed by atoms with van der Waals surface area (Å²) in [5.41, 5.74) is 0.894. The Kier molecular flexibility index (Phi) is 5.06. The van der Waals surface area contributed by atoms with Gasteiger partial charge in [0.2, 0.25) is 9.76 Å². The Morgan fingerprint density at radius 1 is 1.05 bits per heavy atom. The van der Waals surface area contributed by atoms with Crippen LogP contribution in [0.1, 0.15) is 57.8 Å². The molecule has 0 N–H and O–H groups in total. The maximum Gasteiger partial charge on any atom is 0.218 e. The van der Waals surface area contributed by atoms with Gasteiger partial charge in [0.1, 0.15) is 0 Å². The topological polar surface area (TPSA) is 21.8 Å². The first kappa shape index (κ1) is 15.3. The van der Waals surface area contributed by atoms with Crippen LogP contribution in [0.25, 0.3) is 0 Å². The molecule has 0 spiro atoms. The number of rotatable bonds is 6. The van der Waals surface area contributed by atoms with Crippen molar-refractivity contribution in [3.05, 3.63) is 0 Å². The molecule has 3 aliphatic rings. The molecule has 3 atom stereocenters. The summed E-state index contributed by atoms with van der Waals surface area (Å²) in [6.45, 7) is 4.87. The highest BCUT2D eigenvalue weighted by molar-refractivity contribution is 6.75. The Morgan fingerprint density at radius 3 is 2.60 bits per heavy atom. The van der Waals surface area contributed by atoms with Gasteiger partial charge in [-0.05, 0) is 49.9 Å². The molecular weight excluding hydrogens is 280 g/mol. The summed E-state index contributed by atoms with van der Waals surface area (Å²) in [7, 11) is -0.616. The lowest BCUT2D eigenvalue weighted by atomic mass is 9.88. The molecule has 0 aromatic rings. The van der Waals surface area contributed by atoms with Gasteiger partial charge in [-0.25, -0.2) is 0 Å². The Hall–Kier alpha value is 0.354. The van der Waals surface area contributed by atoms with E-state index in [1.165, 1.54) is 63.8 Å². The van der Waals surface area contributed by atoms with E-state index in [9.17, 15) is 0 Å². The predicted octanol–water partition coefficient (Wildman–Crippen LogP) is 4.54. The van der Waals surface area contributed by atoms with Crippen LogP contribution < -0.4 is 0 Å². The highest BCUT2D eigenvalue weighted by Gasteiger charge is 2.43. The molecule has 4 heteroatoms. The van der Waals surface area contributed by atoms with Crippen LogP contribution >= 0.6 is 0 Å². The second-order valence-electron chi connectivity index (χ2n) is 7.75. The minimum absolute atomic E-state index is 0.642.